The Kier molecular flexibility index (Phi) is 5.05. The van der Waals surface area contributed by atoms with Crippen molar-refractivity contribution in [2.45, 2.75) is 25.8 Å². The second-order valence-electron chi connectivity index (χ2n) is 4.54. The summed E-state index contributed by atoms with van der Waals surface area (Å²) in [7, 11) is 4.00. The van der Waals surface area contributed by atoms with Gasteiger partial charge in [0.1, 0.15) is 0 Å². The Morgan fingerprint density at radius 2 is 2.07 bits per heavy atom. The monoisotopic (exact) mass is 213 g/mol. The van der Waals surface area contributed by atoms with E-state index < -0.39 is 0 Å². The molecule has 0 spiro atoms. The largest absolute Gasteiger partial charge is 0.353 e. The average Bonchev–Trinajstić information content (AvgIpc) is 2.22. The van der Waals surface area contributed by atoms with Crippen molar-refractivity contribution in [3.05, 3.63) is 0 Å². The van der Waals surface area contributed by atoms with E-state index in [0.717, 1.165) is 32.5 Å². The first-order valence-electron chi connectivity index (χ1n) is 5.77. The predicted molar refractivity (Wildman–Crippen MR) is 61.8 cm³/mol. The van der Waals surface area contributed by atoms with Crippen molar-refractivity contribution in [3.63, 3.8) is 0 Å². The number of piperidine rings is 1. The third kappa shape index (κ3) is 4.18. The van der Waals surface area contributed by atoms with Gasteiger partial charge in [0.15, 0.2) is 0 Å². The topological polar surface area (TPSA) is 44.4 Å². The van der Waals surface area contributed by atoms with Crippen LogP contribution in [-0.4, -0.2) is 50.6 Å². The van der Waals surface area contributed by atoms with E-state index in [9.17, 15) is 4.79 Å². The van der Waals surface area contributed by atoms with E-state index in [1.54, 1.807) is 0 Å². The summed E-state index contributed by atoms with van der Waals surface area (Å²) in [6, 6.07) is 0.382. The van der Waals surface area contributed by atoms with Crippen molar-refractivity contribution >= 4 is 5.91 Å². The zero-order chi connectivity index (χ0) is 11.3. The highest BCUT2D eigenvalue weighted by atomic mass is 16.1. The maximum atomic E-state index is 11.7. The molecule has 1 heterocycles. The van der Waals surface area contributed by atoms with Crippen molar-refractivity contribution < 1.29 is 4.79 Å². The van der Waals surface area contributed by atoms with E-state index in [4.69, 9.17) is 0 Å². The summed E-state index contributed by atoms with van der Waals surface area (Å²) < 4.78 is 0. The van der Waals surface area contributed by atoms with Crippen molar-refractivity contribution in [2.75, 3.05) is 33.7 Å². The molecular weight excluding hydrogens is 190 g/mol. The molecule has 0 radical (unpaired) electrons. The predicted octanol–water partition coefficient (Wildman–Crippen LogP) is 0.0523. The summed E-state index contributed by atoms with van der Waals surface area (Å²) in [5.41, 5.74) is 0. The lowest BCUT2D eigenvalue weighted by Crippen LogP contribution is -2.46. The van der Waals surface area contributed by atoms with Crippen molar-refractivity contribution in [3.8, 4) is 0 Å². The second kappa shape index (κ2) is 6.08. The Morgan fingerprint density at radius 1 is 1.47 bits per heavy atom. The highest BCUT2D eigenvalue weighted by Crippen LogP contribution is 2.08. The highest BCUT2D eigenvalue weighted by Gasteiger charge is 2.20. The number of likely N-dealkylation sites (tertiary alicyclic amines) is 1. The minimum absolute atomic E-state index is 0.0645. The van der Waals surface area contributed by atoms with Crippen LogP contribution in [0, 0.1) is 5.92 Å². The molecule has 2 N–H and O–H groups in total. The van der Waals surface area contributed by atoms with Gasteiger partial charge in [-0.25, -0.2) is 0 Å². The molecule has 1 aliphatic heterocycles. The standard InChI is InChI=1S/C11H23N3O/c1-9(8-12-2)11(15)13-10-4-6-14(3)7-5-10/h9-10,12H,4-8H2,1-3H3,(H,13,15). The maximum Gasteiger partial charge on any atom is 0.224 e. The van der Waals surface area contributed by atoms with Gasteiger partial charge in [-0.2, -0.15) is 0 Å². The fraction of sp³-hybridized carbons (Fsp3) is 0.909. The van der Waals surface area contributed by atoms with Gasteiger partial charge in [0.2, 0.25) is 5.91 Å². The van der Waals surface area contributed by atoms with Gasteiger partial charge in [-0.3, -0.25) is 4.79 Å². The molecule has 15 heavy (non-hydrogen) atoms. The number of hydrogen-bond donors (Lipinski definition) is 2. The van der Waals surface area contributed by atoms with Crippen LogP contribution in [0.5, 0.6) is 0 Å². The molecule has 0 saturated carbocycles. The van der Waals surface area contributed by atoms with Crippen LogP contribution < -0.4 is 10.6 Å². The van der Waals surface area contributed by atoms with E-state index in [1.807, 2.05) is 14.0 Å². The molecule has 1 fully saturated rings. The van der Waals surface area contributed by atoms with Gasteiger partial charge in [0, 0.05) is 18.5 Å². The summed E-state index contributed by atoms with van der Waals surface area (Å²) >= 11 is 0. The number of carbonyl (C=O) groups excluding carboxylic acids is 1. The number of hydrogen-bond acceptors (Lipinski definition) is 3. The fourth-order valence-electron chi connectivity index (χ4n) is 1.90. The molecule has 1 amide bonds. The zero-order valence-corrected chi connectivity index (χ0v) is 10.0. The molecule has 1 rings (SSSR count). The molecule has 0 aromatic rings. The van der Waals surface area contributed by atoms with E-state index in [1.165, 1.54) is 0 Å². The molecular formula is C11H23N3O. The van der Waals surface area contributed by atoms with Crippen LogP contribution in [0.25, 0.3) is 0 Å². The Morgan fingerprint density at radius 3 is 2.60 bits per heavy atom. The number of amides is 1. The number of rotatable bonds is 4. The summed E-state index contributed by atoms with van der Waals surface area (Å²) in [5.74, 6) is 0.244. The van der Waals surface area contributed by atoms with E-state index in [0.29, 0.717) is 6.04 Å². The summed E-state index contributed by atoms with van der Waals surface area (Å²) in [4.78, 5) is 14.0. The first kappa shape index (κ1) is 12.5. The smallest absolute Gasteiger partial charge is 0.224 e. The van der Waals surface area contributed by atoms with Crippen LogP contribution in [0.4, 0.5) is 0 Å². The van der Waals surface area contributed by atoms with E-state index >= 15 is 0 Å². The number of nitrogens with one attached hydrogen (secondary N) is 2. The first-order chi connectivity index (χ1) is 7.13. The minimum Gasteiger partial charge on any atom is -0.353 e. The van der Waals surface area contributed by atoms with Crippen LogP contribution in [0.3, 0.4) is 0 Å². The number of nitrogens with zero attached hydrogens (tertiary/aromatic N) is 1. The quantitative estimate of drug-likeness (QED) is 0.694. The highest BCUT2D eigenvalue weighted by molar-refractivity contribution is 5.78. The first-order valence-corrected chi connectivity index (χ1v) is 5.77. The van der Waals surface area contributed by atoms with E-state index in [2.05, 4.69) is 22.6 Å². The summed E-state index contributed by atoms with van der Waals surface area (Å²) in [6.45, 7) is 4.88. The Hall–Kier alpha value is -0.610. The second-order valence-corrected chi connectivity index (χ2v) is 4.54. The third-order valence-corrected chi connectivity index (χ3v) is 3.02. The minimum atomic E-state index is 0.0645. The van der Waals surface area contributed by atoms with Gasteiger partial charge in [0.25, 0.3) is 0 Å². The zero-order valence-electron chi connectivity index (χ0n) is 10.0. The van der Waals surface area contributed by atoms with Crippen molar-refractivity contribution in [2.24, 2.45) is 5.92 Å². The molecule has 4 heteroatoms. The molecule has 4 nitrogen and oxygen atoms in total. The Labute approximate surface area is 92.4 Å². The lowest BCUT2D eigenvalue weighted by atomic mass is 10.0. The Balaban J connectivity index is 2.25. The van der Waals surface area contributed by atoms with Crippen molar-refractivity contribution in [1.82, 2.24) is 15.5 Å². The lowest BCUT2D eigenvalue weighted by molar-refractivity contribution is -0.125. The average molecular weight is 213 g/mol. The van der Waals surface area contributed by atoms with Gasteiger partial charge in [0.05, 0.1) is 0 Å². The number of carbonyl (C=O) groups is 1. The molecule has 1 aliphatic rings. The van der Waals surface area contributed by atoms with Crippen LogP contribution >= 0.6 is 0 Å². The maximum absolute atomic E-state index is 11.7. The Bertz CT molecular complexity index is 200. The van der Waals surface area contributed by atoms with Crippen LogP contribution in [0.15, 0.2) is 0 Å². The molecule has 0 aromatic carbocycles. The fourth-order valence-corrected chi connectivity index (χ4v) is 1.90. The van der Waals surface area contributed by atoms with Gasteiger partial charge < -0.3 is 15.5 Å². The van der Waals surface area contributed by atoms with Crippen LogP contribution in [0.1, 0.15) is 19.8 Å². The van der Waals surface area contributed by atoms with Crippen LogP contribution in [-0.2, 0) is 4.79 Å². The molecule has 0 aromatic heterocycles. The van der Waals surface area contributed by atoms with Crippen LogP contribution in [0.2, 0.25) is 0 Å². The molecule has 0 bridgehead atoms. The van der Waals surface area contributed by atoms with Gasteiger partial charge in [-0.1, -0.05) is 6.92 Å². The van der Waals surface area contributed by atoms with Gasteiger partial charge in [-0.15, -0.1) is 0 Å². The SMILES string of the molecule is CNCC(C)C(=O)NC1CCN(C)CC1. The molecule has 88 valence electrons. The van der Waals surface area contributed by atoms with E-state index in [-0.39, 0.29) is 11.8 Å². The molecule has 1 unspecified atom stereocenters. The van der Waals surface area contributed by atoms with Gasteiger partial charge in [-0.05, 0) is 40.0 Å². The normalized spacial score (nSPS) is 21.3. The summed E-state index contributed by atoms with van der Waals surface area (Å²) in [6.07, 6.45) is 2.16. The molecule has 0 aliphatic carbocycles. The van der Waals surface area contributed by atoms with Crippen molar-refractivity contribution in [1.29, 1.82) is 0 Å². The third-order valence-electron chi connectivity index (χ3n) is 3.02. The molecule has 1 saturated heterocycles. The molecule has 1 atom stereocenters. The summed E-state index contributed by atoms with van der Waals surface area (Å²) in [5, 5.41) is 6.14. The van der Waals surface area contributed by atoms with Gasteiger partial charge >= 0.3 is 0 Å². The lowest BCUT2D eigenvalue weighted by Gasteiger charge is -2.30.